The Bertz CT molecular complexity index is 864. The Balaban J connectivity index is 1.58. The third kappa shape index (κ3) is 5.07. The number of phenols is 1. The lowest BCUT2D eigenvalue weighted by Crippen LogP contribution is -2.48. The van der Waals surface area contributed by atoms with E-state index in [-0.39, 0.29) is 24.4 Å². The number of amides is 3. The molecule has 1 aliphatic heterocycles. The SMILES string of the molecule is COC(=O)N1CCN(c2cccc(CNC(=O)Nc3ccc(C)nc3)c2O)CC1. The molecule has 0 atom stereocenters. The molecule has 3 N–H and O–H groups in total. The van der Waals surface area contributed by atoms with E-state index in [0.717, 1.165) is 5.69 Å². The maximum absolute atomic E-state index is 12.1. The number of phenolic OH excluding ortho intramolecular Hbond substituents is 1. The normalized spacial score (nSPS) is 13.7. The molecule has 3 amide bonds. The molecule has 3 rings (SSSR count). The predicted octanol–water partition coefficient (Wildman–Crippen LogP) is 2.31. The quantitative estimate of drug-likeness (QED) is 0.728. The molecule has 0 unspecified atom stereocenters. The van der Waals surface area contributed by atoms with E-state index in [1.165, 1.54) is 7.11 Å². The standard InChI is InChI=1S/C20H25N5O4/c1-14-6-7-16(13-21-14)23-19(27)22-12-15-4-3-5-17(18(15)26)24-8-10-25(11-9-24)20(28)29-2/h3-7,13,26H,8-12H2,1-2H3,(H2,22,23,27). The average molecular weight is 399 g/mol. The first-order chi connectivity index (χ1) is 14.0. The molecule has 1 fully saturated rings. The van der Waals surface area contributed by atoms with Crippen molar-refractivity contribution >= 4 is 23.5 Å². The van der Waals surface area contributed by atoms with Crippen molar-refractivity contribution in [2.24, 2.45) is 0 Å². The molecule has 0 bridgehead atoms. The van der Waals surface area contributed by atoms with Gasteiger partial charge in [-0.05, 0) is 25.1 Å². The van der Waals surface area contributed by atoms with Crippen LogP contribution in [0, 0.1) is 6.92 Å². The molecular formula is C20H25N5O4. The minimum atomic E-state index is -0.382. The molecule has 0 spiro atoms. The van der Waals surface area contributed by atoms with Gasteiger partial charge in [0.1, 0.15) is 5.75 Å². The number of carbonyl (C=O) groups is 2. The molecule has 9 heteroatoms. The van der Waals surface area contributed by atoms with Crippen molar-refractivity contribution in [3.05, 3.63) is 47.8 Å². The van der Waals surface area contributed by atoms with Crippen LogP contribution in [0.4, 0.5) is 21.0 Å². The van der Waals surface area contributed by atoms with Crippen LogP contribution in [0.2, 0.25) is 0 Å². The van der Waals surface area contributed by atoms with Gasteiger partial charge in [-0.25, -0.2) is 9.59 Å². The van der Waals surface area contributed by atoms with Gasteiger partial charge in [0.15, 0.2) is 0 Å². The molecule has 2 heterocycles. The van der Waals surface area contributed by atoms with Gasteiger partial charge in [-0.3, -0.25) is 4.98 Å². The highest BCUT2D eigenvalue weighted by Gasteiger charge is 2.23. The van der Waals surface area contributed by atoms with Crippen molar-refractivity contribution in [3.8, 4) is 5.75 Å². The summed E-state index contributed by atoms with van der Waals surface area (Å²) in [6.07, 6.45) is 1.24. The Morgan fingerprint density at radius 2 is 1.93 bits per heavy atom. The smallest absolute Gasteiger partial charge is 0.409 e. The highest BCUT2D eigenvalue weighted by atomic mass is 16.5. The highest BCUT2D eigenvalue weighted by molar-refractivity contribution is 5.89. The number of nitrogens with zero attached hydrogens (tertiary/aromatic N) is 3. The number of ether oxygens (including phenoxy) is 1. The number of aromatic nitrogens is 1. The number of piperazine rings is 1. The molecule has 0 saturated carbocycles. The van der Waals surface area contributed by atoms with E-state index in [1.807, 2.05) is 30.0 Å². The molecule has 0 radical (unpaired) electrons. The maximum atomic E-state index is 12.1. The first-order valence-corrected chi connectivity index (χ1v) is 9.34. The number of nitrogens with one attached hydrogen (secondary N) is 2. The summed E-state index contributed by atoms with van der Waals surface area (Å²) < 4.78 is 4.75. The molecule has 29 heavy (non-hydrogen) atoms. The van der Waals surface area contributed by atoms with Crippen LogP contribution in [0.5, 0.6) is 5.75 Å². The fourth-order valence-corrected chi connectivity index (χ4v) is 3.13. The monoisotopic (exact) mass is 399 g/mol. The van der Waals surface area contributed by atoms with E-state index in [9.17, 15) is 14.7 Å². The second-order valence-corrected chi connectivity index (χ2v) is 6.72. The Morgan fingerprint density at radius 1 is 1.17 bits per heavy atom. The van der Waals surface area contributed by atoms with Gasteiger partial charge in [0.2, 0.25) is 0 Å². The third-order valence-corrected chi connectivity index (χ3v) is 4.76. The molecule has 1 aliphatic rings. The van der Waals surface area contributed by atoms with E-state index < -0.39 is 0 Å². The Hall–Kier alpha value is -3.49. The Morgan fingerprint density at radius 3 is 2.59 bits per heavy atom. The maximum Gasteiger partial charge on any atom is 0.409 e. The summed E-state index contributed by atoms with van der Waals surface area (Å²) >= 11 is 0. The van der Waals surface area contributed by atoms with Crippen LogP contribution < -0.4 is 15.5 Å². The number of hydrogen-bond donors (Lipinski definition) is 3. The molecular weight excluding hydrogens is 374 g/mol. The average Bonchev–Trinajstić information content (AvgIpc) is 2.74. The predicted molar refractivity (Wildman–Crippen MR) is 109 cm³/mol. The first-order valence-electron chi connectivity index (χ1n) is 9.34. The number of pyridine rings is 1. The van der Waals surface area contributed by atoms with Crippen LogP contribution in [0.25, 0.3) is 0 Å². The summed E-state index contributed by atoms with van der Waals surface area (Å²) in [4.78, 5) is 31.5. The van der Waals surface area contributed by atoms with Crippen molar-refractivity contribution in [2.75, 3.05) is 43.5 Å². The van der Waals surface area contributed by atoms with E-state index >= 15 is 0 Å². The Kier molecular flexibility index (Phi) is 6.38. The number of methoxy groups -OCH3 is 1. The molecule has 0 aliphatic carbocycles. The lowest BCUT2D eigenvalue weighted by Gasteiger charge is -2.35. The van der Waals surface area contributed by atoms with Crippen LogP contribution in [0.3, 0.4) is 0 Å². The summed E-state index contributed by atoms with van der Waals surface area (Å²) in [6.45, 7) is 4.24. The van der Waals surface area contributed by atoms with E-state index in [0.29, 0.717) is 43.1 Å². The van der Waals surface area contributed by atoms with Gasteiger partial charge in [0, 0.05) is 44.0 Å². The fraction of sp³-hybridized carbons (Fsp3) is 0.350. The number of benzene rings is 1. The van der Waals surface area contributed by atoms with Gasteiger partial charge in [-0.15, -0.1) is 0 Å². The molecule has 9 nitrogen and oxygen atoms in total. The van der Waals surface area contributed by atoms with Gasteiger partial charge in [0.25, 0.3) is 0 Å². The van der Waals surface area contributed by atoms with Crippen LogP contribution >= 0.6 is 0 Å². The van der Waals surface area contributed by atoms with Crippen molar-refractivity contribution in [1.82, 2.24) is 15.2 Å². The number of anilines is 2. The zero-order valence-electron chi connectivity index (χ0n) is 16.5. The van der Waals surface area contributed by atoms with Crippen molar-refractivity contribution in [2.45, 2.75) is 13.5 Å². The summed E-state index contributed by atoms with van der Waals surface area (Å²) in [7, 11) is 1.36. The van der Waals surface area contributed by atoms with E-state index in [2.05, 4.69) is 15.6 Å². The zero-order chi connectivity index (χ0) is 20.8. The largest absolute Gasteiger partial charge is 0.505 e. The fourth-order valence-electron chi connectivity index (χ4n) is 3.13. The number of carbonyl (C=O) groups excluding carboxylic acids is 2. The molecule has 1 aromatic carbocycles. The van der Waals surface area contributed by atoms with Crippen LogP contribution in [0.1, 0.15) is 11.3 Å². The lowest BCUT2D eigenvalue weighted by atomic mass is 10.1. The highest BCUT2D eigenvalue weighted by Crippen LogP contribution is 2.31. The van der Waals surface area contributed by atoms with Crippen molar-refractivity contribution < 1.29 is 19.4 Å². The number of hydrogen-bond acceptors (Lipinski definition) is 6. The van der Waals surface area contributed by atoms with Crippen LogP contribution in [-0.2, 0) is 11.3 Å². The summed E-state index contributed by atoms with van der Waals surface area (Å²) in [6, 6.07) is 8.62. The molecule has 1 aromatic heterocycles. The van der Waals surface area contributed by atoms with Gasteiger partial charge in [0.05, 0.1) is 24.7 Å². The number of rotatable bonds is 4. The topological polar surface area (TPSA) is 107 Å². The number of aromatic hydroxyl groups is 1. The molecule has 154 valence electrons. The van der Waals surface area contributed by atoms with E-state index in [4.69, 9.17) is 4.74 Å². The molecule has 2 aromatic rings. The zero-order valence-corrected chi connectivity index (χ0v) is 16.5. The number of urea groups is 1. The summed E-state index contributed by atoms with van der Waals surface area (Å²) in [5, 5.41) is 16.1. The molecule has 1 saturated heterocycles. The van der Waals surface area contributed by atoms with Crippen molar-refractivity contribution in [3.63, 3.8) is 0 Å². The number of para-hydroxylation sites is 1. The summed E-state index contributed by atoms with van der Waals surface area (Å²) in [5.41, 5.74) is 2.74. The minimum Gasteiger partial charge on any atom is -0.505 e. The van der Waals surface area contributed by atoms with Crippen LogP contribution in [0.15, 0.2) is 36.5 Å². The Labute approximate surface area is 169 Å². The number of aryl methyl sites for hydroxylation is 1. The van der Waals surface area contributed by atoms with Gasteiger partial charge in [-0.2, -0.15) is 0 Å². The minimum absolute atomic E-state index is 0.122. The second-order valence-electron chi connectivity index (χ2n) is 6.72. The third-order valence-electron chi connectivity index (χ3n) is 4.76. The van der Waals surface area contributed by atoms with Gasteiger partial charge in [-0.1, -0.05) is 12.1 Å². The first kappa shape index (κ1) is 20.2. The summed E-state index contributed by atoms with van der Waals surface area (Å²) in [5.74, 6) is 0.122. The van der Waals surface area contributed by atoms with E-state index in [1.54, 1.807) is 23.2 Å². The van der Waals surface area contributed by atoms with Crippen LogP contribution in [-0.4, -0.2) is 60.4 Å². The van der Waals surface area contributed by atoms with Crippen molar-refractivity contribution in [1.29, 1.82) is 0 Å². The van der Waals surface area contributed by atoms with Gasteiger partial charge < -0.3 is 30.3 Å². The lowest BCUT2D eigenvalue weighted by molar-refractivity contribution is 0.121. The van der Waals surface area contributed by atoms with Gasteiger partial charge >= 0.3 is 12.1 Å². The second kappa shape index (κ2) is 9.13.